The van der Waals surface area contributed by atoms with Crippen LogP contribution in [0, 0.1) is 5.82 Å². The predicted molar refractivity (Wildman–Crippen MR) is 144 cm³/mol. The van der Waals surface area contributed by atoms with E-state index in [9.17, 15) is 17.6 Å². The number of rotatable bonds is 9. The Labute approximate surface area is 211 Å². The summed E-state index contributed by atoms with van der Waals surface area (Å²) in [5.74, 6) is -0.760. The second kappa shape index (κ2) is 10.5. The third-order valence-electron chi connectivity index (χ3n) is 5.83. The monoisotopic (exact) mass is 508 g/mol. The van der Waals surface area contributed by atoms with Crippen LogP contribution in [-0.4, -0.2) is 52.7 Å². The van der Waals surface area contributed by atoms with Crippen LogP contribution in [-0.2, 0) is 14.8 Å². The van der Waals surface area contributed by atoms with Crippen LogP contribution in [0.5, 0.6) is 0 Å². The van der Waals surface area contributed by atoms with Gasteiger partial charge >= 0.3 is 0 Å². The SMILES string of the molecule is CN(C)CCCN(c1ccc(NC(=C2C(=O)Nc3cc(F)ccc32)c2ccccc2)cc1)S(C)(=O)=O. The van der Waals surface area contributed by atoms with Gasteiger partial charge in [-0.3, -0.25) is 9.10 Å². The van der Waals surface area contributed by atoms with Gasteiger partial charge in [0, 0.05) is 17.8 Å². The molecule has 3 aromatic rings. The van der Waals surface area contributed by atoms with E-state index in [1.807, 2.05) is 49.3 Å². The molecule has 3 aromatic carbocycles. The van der Waals surface area contributed by atoms with E-state index >= 15 is 0 Å². The Morgan fingerprint density at radius 2 is 1.67 bits per heavy atom. The number of anilines is 3. The van der Waals surface area contributed by atoms with E-state index < -0.39 is 15.8 Å². The number of nitrogens with zero attached hydrogens (tertiary/aromatic N) is 2. The van der Waals surface area contributed by atoms with Gasteiger partial charge in [-0.15, -0.1) is 0 Å². The molecule has 4 rings (SSSR count). The highest BCUT2D eigenvalue weighted by Gasteiger charge is 2.29. The van der Waals surface area contributed by atoms with Gasteiger partial charge in [-0.1, -0.05) is 30.3 Å². The highest BCUT2D eigenvalue weighted by molar-refractivity contribution is 7.92. The van der Waals surface area contributed by atoms with Gasteiger partial charge in [0.05, 0.1) is 28.9 Å². The summed E-state index contributed by atoms with van der Waals surface area (Å²) in [4.78, 5) is 15.0. The molecule has 0 atom stereocenters. The van der Waals surface area contributed by atoms with E-state index in [0.29, 0.717) is 46.9 Å². The maximum atomic E-state index is 13.8. The number of nitrogens with one attached hydrogen (secondary N) is 2. The minimum absolute atomic E-state index is 0.331. The van der Waals surface area contributed by atoms with Gasteiger partial charge in [0.1, 0.15) is 5.82 Å². The number of carbonyl (C=O) groups is 1. The Bertz CT molecular complexity index is 1390. The van der Waals surface area contributed by atoms with Crippen LogP contribution in [0.25, 0.3) is 11.3 Å². The molecule has 0 saturated heterocycles. The smallest absolute Gasteiger partial charge is 0.258 e. The van der Waals surface area contributed by atoms with Crippen molar-refractivity contribution in [2.45, 2.75) is 6.42 Å². The molecule has 0 fully saturated rings. The first-order valence-corrected chi connectivity index (χ1v) is 13.4. The third kappa shape index (κ3) is 5.75. The molecule has 0 bridgehead atoms. The molecule has 2 N–H and O–H groups in total. The third-order valence-corrected chi connectivity index (χ3v) is 7.02. The standard InChI is InChI=1S/C27H29FN4O3S/c1-31(2)16-7-17-32(36(3,34)35)22-13-11-21(12-14-22)29-26(19-8-5-4-6-9-19)25-23-15-10-20(28)18-24(23)30-27(25)33/h4-6,8-15,18,29H,7,16-17H2,1-3H3,(H,30,33). The quantitative estimate of drug-likeness (QED) is 0.417. The first kappa shape index (κ1) is 25.4. The molecular formula is C27H29FN4O3S. The number of amides is 1. The van der Waals surface area contributed by atoms with Gasteiger partial charge < -0.3 is 15.5 Å². The Morgan fingerprint density at radius 3 is 2.31 bits per heavy atom. The predicted octanol–water partition coefficient (Wildman–Crippen LogP) is 4.48. The zero-order valence-electron chi connectivity index (χ0n) is 20.5. The Hall–Kier alpha value is -3.69. The lowest BCUT2D eigenvalue weighted by Crippen LogP contribution is -2.32. The number of benzene rings is 3. The normalized spacial score (nSPS) is 14.4. The van der Waals surface area contributed by atoms with Crippen molar-refractivity contribution in [2.24, 2.45) is 0 Å². The Morgan fingerprint density at radius 1 is 0.972 bits per heavy atom. The van der Waals surface area contributed by atoms with Crippen molar-refractivity contribution in [3.63, 3.8) is 0 Å². The van der Waals surface area contributed by atoms with Crippen molar-refractivity contribution >= 4 is 44.3 Å². The van der Waals surface area contributed by atoms with Crippen molar-refractivity contribution in [3.05, 3.63) is 89.7 Å². The lowest BCUT2D eigenvalue weighted by molar-refractivity contribution is -0.110. The topological polar surface area (TPSA) is 81.8 Å². The summed E-state index contributed by atoms with van der Waals surface area (Å²) in [5.41, 5.74) is 4.02. The average molecular weight is 509 g/mol. The number of sulfonamides is 1. The molecule has 0 spiro atoms. The van der Waals surface area contributed by atoms with Gasteiger partial charge in [-0.25, -0.2) is 12.8 Å². The highest BCUT2D eigenvalue weighted by Crippen LogP contribution is 2.38. The van der Waals surface area contributed by atoms with Crippen LogP contribution in [0.2, 0.25) is 0 Å². The van der Waals surface area contributed by atoms with Gasteiger partial charge in [-0.05, 0) is 75.1 Å². The summed E-state index contributed by atoms with van der Waals surface area (Å²) in [7, 11) is 0.445. The molecule has 188 valence electrons. The molecule has 0 radical (unpaired) electrons. The molecular weight excluding hydrogens is 479 g/mol. The van der Waals surface area contributed by atoms with Crippen molar-refractivity contribution in [3.8, 4) is 0 Å². The first-order chi connectivity index (χ1) is 17.1. The number of fused-ring (bicyclic) bond motifs is 1. The van der Waals surface area contributed by atoms with Crippen molar-refractivity contribution in [1.82, 2.24) is 4.90 Å². The van der Waals surface area contributed by atoms with Crippen LogP contribution >= 0.6 is 0 Å². The lowest BCUT2D eigenvalue weighted by atomic mass is 10.00. The molecule has 1 aliphatic heterocycles. The maximum absolute atomic E-state index is 13.8. The second-order valence-corrected chi connectivity index (χ2v) is 10.8. The second-order valence-electron chi connectivity index (χ2n) is 8.92. The van der Waals surface area contributed by atoms with E-state index in [1.165, 1.54) is 22.7 Å². The van der Waals surface area contributed by atoms with E-state index in [0.717, 1.165) is 12.1 Å². The van der Waals surface area contributed by atoms with E-state index in [2.05, 4.69) is 10.6 Å². The van der Waals surface area contributed by atoms with E-state index in [1.54, 1.807) is 30.3 Å². The fraction of sp³-hybridized carbons (Fsp3) is 0.222. The first-order valence-electron chi connectivity index (χ1n) is 11.5. The molecule has 9 heteroatoms. The largest absolute Gasteiger partial charge is 0.354 e. The molecule has 0 aliphatic carbocycles. The number of carbonyl (C=O) groups excluding carboxylic acids is 1. The van der Waals surface area contributed by atoms with Crippen LogP contribution in [0.1, 0.15) is 17.5 Å². The molecule has 1 heterocycles. The highest BCUT2D eigenvalue weighted by atomic mass is 32.2. The molecule has 0 unspecified atom stereocenters. The van der Waals surface area contributed by atoms with Gasteiger partial charge in [0.15, 0.2) is 0 Å². The van der Waals surface area contributed by atoms with Crippen molar-refractivity contribution in [1.29, 1.82) is 0 Å². The number of halogens is 1. The molecule has 0 saturated carbocycles. The van der Waals surface area contributed by atoms with Gasteiger partial charge in [0.25, 0.3) is 5.91 Å². The molecule has 0 aromatic heterocycles. The maximum Gasteiger partial charge on any atom is 0.258 e. The van der Waals surface area contributed by atoms with E-state index in [4.69, 9.17) is 0 Å². The molecule has 1 aliphatic rings. The van der Waals surface area contributed by atoms with Gasteiger partial charge in [-0.2, -0.15) is 0 Å². The summed E-state index contributed by atoms with van der Waals surface area (Å²) in [5, 5.41) is 6.08. The Kier molecular flexibility index (Phi) is 7.42. The average Bonchev–Trinajstić information content (AvgIpc) is 3.15. The summed E-state index contributed by atoms with van der Waals surface area (Å²) < 4.78 is 40.0. The van der Waals surface area contributed by atoms with Gasteiger partial charge in [0.2, 0.25) is 10.0 Å². The lowest BCUT2D eigenvalue weighted by Gasteiger charge is -2.23. The number of hydrogen-bond donors (Lipinski definition) is 2. The fourth-order valence-electron chi connectivity index (χ4n) is 4.15. The summed E-state index contributed by atoms with van der Waals surface area (Å²) >= 11 is 0. The van der Waals surface area contributed by atoms with Crippen LogP contribution < -0.4 is 14.9 Å². The van der Waals surface area contributed by atoms with Crippen molar-refractivity contribution < 1.29 is 17.6 Å². The van der Waals surface area contributed by atoms with Crippen LogP contribution in [0.15, 0.2) is 72.8 Å². The fourth-order valence-corrected chi connectivity index (χ4v) is 5.11. The van der Waals surface area contributed by atoms with Crippen molar-refractivity contribution in [2.75, 3.05) is 48.4 Å². The minimum Gasteiger partial charge on any atom is -0.354 e. The van der Waals surface area contributed by atoms with E-state index in [-0.39, 0.29) is 5.91 Å². The summed E-state index contributed by atoms with van der Waals surface area (Å²) in [6.07, 6.45) is 1.89. The Balaban J connectivity index is 1.69. The summed E-state index contributed by atoms with van der Waals surface area (Å²) in [6.45, 7) is 1.14. The zero-order valence-corrected chi connectivity index (χ0v) is 21.3. The minimum atomic E-state index is -3.45. The summed E-state index contributed by atoms with van der Waals surface area (Å²) in [6, 6.07) is 20.6. The molecule has 7 nitrogen and oxygen atoms in total. The number of hydrogen-bond acceptors (Lipinski definition) is 5. The van der Waals surface area contributed by atoms with Crippen LogP contribution in [0.4, 0.5) is 21.5 Å². The zero-order chi connectivity index (χ0) is 25.9. The molecule has 36 heavy (non-hydrogen) atoms. The molecule has 1 amide bonds. The van der Waals surface area contributed by atoms with Crippen LogP contribution in [0.3, 0.4) is 0 Å².